The Bertz CT molecular complexity index is 1830. The monoisotopic (exact) mass is 690 g/mol. The number of rotatable bonds is 4. The van der Waals surface area contributed by atoms with E-state index in [2.05, 4.69) is 161 Å². The van der Waals surface area contributed by atoms with Gasteiger partial charge in [0.05, 0.1) is 0 Å². The Labute approximate surface area is 290 Å². The first kappa shape index (κ1) is 35.4. The third kappa shape index (κ3) is 8.54. The molecule has 0 N–H and O–H groups in total. The molecule has 3 heteroatoms. The minimum atomic E-state index is 0. The summed E-state index contributed by atoms with van der Waals surface area (Å²) in [6.45, 7) is 8.71. The van der Waals surface area contributed by atoms with Gasteiger partial charge >= 0.3 is 99.2 Å². The van der Waals surface area contributed by atoms with Crippen LogP contribution in [-0.2, 0) is 37.1 Å². The molecule has 0 aliphatic carbocycles. The van der Waals surface area contributed by atoms with E-state index in [4.69, 9.17) is 0 Å². The average molecular weight is 693 g/mol. The Hall–Kier alpha value is -3.09. The SMILES string of the molecule is CCc1ccc2c(c1)[cH-]c1cc(CC)ccc12.Cc1cc2c(C)cccc2[cH-]1.[Cl-].[Cl-].[Zr+2]=[C](c1ccccc1)c1ccccc1. The van der Waals surface area contributed by atoms with Crippen LogP contribution in [0.25, 0.3) is 32.3 Å². The van der Waals surface area contributed by atoms with Crippen LogP contribution in [0.2, 0.25) is 0 Å². The van der Waals surface area contributed by atoms with Gasteiger partial charge in [0, 0.05) is 0 Å². The first-order chi connectivity index (χ1) is 20.5. The molecular weight excluding hydrogens is 655 g/mol. The molecule has 0 radical (unpaired) electrons. The number of hydrogen-bond donors (Lipinski definition) is 0. The maximum atomic E-state index is 2.32. The topological polar surface area (TPSA) is 0 Å². The average Bonchev–Trinajstić information content (AvgIpc) is 3.61. The van der Waals surface area contributed by atoms with Crippen molar-refractivity contribution in [3.05, 3.63) is 167 Å². The van der Waals surface area contributed by atoms with Gasteiger partial charge in [-0.2, -0.15) is 6.07 Å². The van der Waals surface area contributed by atoms with Crippen molar-refractivity contribution in [3.63, 3.8) is 0 Å². The molecule has 0 unspecified atom stereocenters. The van der Waals surface area contributed by atoms with Gasteiger partial charge in [-0.25, -0.2) is 0 Å². The van der Waals surface area contributed by atoms with E-state index in [-0.39, 0.29) is 24.8 Å². The maximum absolute atomic E-state index is 2.32. The van der Waals surface area contributed by atoms with Gasteiger partial charge in [-0.05, 0) is 19.8 Å². The Morgan fingerprint density at radius 1 is 0.523 bits per heavy atom. The quantitative estimate of drug-likeness (QED) is 0.232. The third-order valence-electron chi connectivity index (χ3n) is 7.89. The first-order valence-corrected chi connectivity index (χ1v) is 16.1. The van der Waals surface area contributed by atoms with Crippen LogP contribution in [0, 0.1) is 13.8 Å². The van der Waals surface area contributed by atoms with Crippen LogP contribution in [0.5, 0.6) is 0 Å². The zero-order valence-corrected chi connectivity index (χ0v) is 29.8. The number of fused-ring (bicyclic) bond motifs is 4. The molecule has 44 heavy (non-hydrogen) atoms. The summed E-state index contributed by atoms with van der Waals surface area (Å²) < 4.78 is 1.42. The molecule has 0 atom stereocenters. The summed E-state index contributed by atoms with van der Waals surface area (Å²) >= 11 is 1.46. The van der Waals surface area contributed by atoms with Gasteiger partial charge in [0.2, 0.25) is 0 Å². The van der Waals surface area contributed by atoms with E-state index in [1.54, 1.807) is 0 Å². The molecule has 0 saturated carbocycles. The molecule has 7 aromatic carbocycles. The third-order valence-corrected chi connectivity index (χ3v) is 9.31. The van der Waals surface area contributed by atoms with Gasteiger partial charge < -0.3 is 24.8 Å². The molecule has 0 nitrogen and oxygen atoms in total. The summed E-state index contributed by atoms with van der Waals surface area (Å²) in [5.74, 6) is 0. The first-order valence-electron chi connectivity index (χ1n) is 14.9. The Kier molecular flexibility index (Phi) is 13.5. The van der Waals surface area contributed by atoms with Crippen LogP contribution in [0.15, 0.2) is 133 Å². The zero-order valence-electron chi connectivity index (χ0n) is 25.9. The molecule has 222 valence electrons. The molecule has 7 aromatic rings. The zero-order chi connectivity index (χ0) is 29.5. The van der Waals surface area contributed by atoms with Crippen molar-refractivity contribution in [2.75, 3.05) is 0 Å². The number of halogens is 2. The van der Waals surface area contributed by atoms with Gasteiger partial charge in [0.25, 0.3) is 0 Å². The van der Waals surface area contributed by atoms with E-state index in [0.29, 0.717) is 0 Å². The van der Waals surface area contributed by atoms with Crippen molar-refractivity contribution >= 4 is 35.5 Å². The van der Waals surface area contributed by atoms with Gasteiger partial charge in [-0.1, -0.05) is 67.8 Å². The van der Waals surface area contributed by atoms with Crippen molar-refractivity contribution in [1.29, 1.82) is 0 Å². The van der Waals surface area contributed by atoms with E-state index in [1.807, 2.05) is 0 Å². The van der Waals surface area contributed by atoms with Crippen LogP contribution in [0.1, 0.15) is 47.2 Å². The molecule has 0 spiro atoms. The van der Waals surface area contributed by atoms with Crippen LogP contribution in [0.3, 0.4) is 0 Å². The predicted molar refractivity (Wildman–Crippen MR) is 181 cm³/mol. The van der Waals surface area contributed by atoms with Crippen LogP contribution in [0.4, 0.5) is 0 Å². The fourth-order valence-corrected chi connectivity index (χ4v) is 6.30. The van der Waals surface area contributed by atoms with E-state index < -0.39 is 0 Å². The summed E-state index contributed by atoms with van der Waals surface area (Å²) in [5, 5.41) is 8.30. The fraction of sp³-hybridized carbons (Fsp3) is 0.146. The van der Waals surface area contributed by atoms with Gasteiger partial charge in [0.15, 0.2) is 0 Å². The Morgan fingerprint density at radius 3 is 1.48 bits per heavy atom. The number of benzene rings is 5. The van der Waals surface area contributed by atoms with Crippen molar-refractivity contribution < 1.29 is 49.0 Å². The van der Waals surface area contributed by atoms with E-state index in [0.717, 1.165) is 12.8 Å². The predicted octanol–water partition coefficient (Wildman–Crippen LogP) is 4.82. The van der Waals surface area contributed by atoms with Crippen LogP contribution < -0.4 is 24.8 Å². The van der Waals surface area contributed by atoms with Crippen LogP contribution >= 0.6 is 0 Å². The van der Waals surface area contributed by atoms with Crippen molar-refractivity contribution in [2.45, 2.75) is 40.5 Å². The molecule has 0 aliphatic rings. The molecular formula is C41H38Cl2Zr-2. The van der Waals surface area contributed by atoms with E-state index >= 15 is 0 Å². The molecule has 0 saturated heterocycles. The minimum absolute atomic E-state index is 0. The Morgan fingerprint density at radius 2 is 1.02 bits per heavy atom. The second kappa shape index (κ2) is 16.8. The van der Waals surface area contributed by atoms with Gasteiger partial charge in [-0.3, -0.25) is 0 Å². The number of hydrogen-bond acceptors (Lipinski definition) is 0. The summed E-state index contributed by atoms with van der Waals surface area (Å²) in [5.41, 5.74) is 8.23. The molecule has 7 rings (SSSR count). The summed E-state index contributed by atoms with van der Waals surface area (Å²) in [6, 6.07) is 48.0. The second-order valence-electron chi connectivity index (χ2n) is 10.9. The molecule has 0 aromatic heterocycles. The van der Waals surface area contributed by atoms with Crippen molar-refractivity contribution in [1.82, 2.24) is 0 Å². The summed E-state index contributed by atoms with van der Waals surface area (Å²) in [4.78, 5) is 0. The van der Waals surface area contributed by atoms with Crippen molar-refractivity contribution in [3.8, 4) is 0 Å². The molecule has 0 heterocycles. The summed E-state index contributed by atoms with van der Waals surface area (Å²) in [6.07, 6.45) is 2.22. The normalized spacial score (nSPS) is 10.2. The Balaban J connectivity index is 0.000000180. The van der Waals surface area contributed by atoms with Crippen LogP contribution in [-0.4, -0.2) is 3.21 Å². The van der Waals surface area contributed by atoms with Crippen molar-refractivity contribution in [2.24, 2.45) is 0 Å². The second-order valence-corrected chi connectivity index (χ2v) is 12.1. The molecule has 0 aliphatic heterocycles. The van der Waals surface area contributed by atoms with E-state index in [1.165, 1.54) is 93.1 Å². The number of aryl methyl sites for hydroxylation is 4. The molecule has 0 amide bonds. The molecule has 0 bridgehead atoms. The fourth-order valence-electron chi connectivity index (χ4n) is 5.48. The van der Waals surface area contributed by atoms with Gasteiger partial charge in [-0.15, -0.1) is 74.3 Å². The summed E-state index contributed by atoms with van der Waals surface area (Å²) in [7, 11) is 0. The van der Waals surface area contributed by atoms with E-state index in [9.17, 15) is 0 Å². The molecule has 0 fully saturated rings. The van der Waals surface area contributed by atoms with Gasteiger partial charge in [0.1, 0.15) is 0 Å². The standard InChI is InChI=1S/C17H17.C13H10.C11H11.2ClH.Zr/c1-3-12-5-7-16-14(9-12)11-15-10-13(4-2)6-8-17(15)16;1-3-7-12(8-4-1)11-13-9-5-2-6-10-13;1-8-6-10-5-3-4-9(2)11(10)7-8;;;/h5-11H,3-4H2,1-2H3;1-10H;3-7H,1-2H3;2*1H;/q-1;;-1;;;+2/p-2.